The molecule has 2 aliphatic rings. The fraction of sp³-hybridized carbons (Fsp3) is 0.867. The van der Waals surface area contributed by atoms with Crippen LogP contribution in [0.15, 0.2) is 12.2 Å². The zero-order chi connectivity index (χ0) is 11.9. The van der Waals surface area contributed by atoms with Crippen molar-refractivity contribution in [1.82, 2.24) is 0 Å². The van der Waals surface area contributed by atoms with Crippen LogP contribution in [-0.2, 0) is 0 Å². The standard InChI is InChI=1S/C15H26O/c1-10(2)12-7-9-15(4)8-5-6-11(3)13(15)14(12)16/h11-14,16H,1,5-9H2,2-4H3/t11-,12-,13+,14-,15+/m0/s1. The molecule has 2 fully saturated rings. The highest BCUT2D eigenvalue weighted by molar-refractivity contribution is 5.08. The molecule has 0 amide bonds. The van der Waals surface area contributed by atoms with Gasteiger partial charge in [-0.2, -0.15) is 0 Å². The minimum Gasteiger partial charge on any atom is -0.392 e. The van der Waals surface area contributed by atoms with E-state index in [1.807, 2.05) is 0 Å². The first-order valence-electron chi connectivity index (χ1n) is 6.79. The van der Waals surface area contributed by atoms with Crippen molar-refractivity contribution in [3.05, 3.63) is 12.2 Å². The molecule has 0 spiro atoms. The van der Waals surface area contributed by atoms with Gasteiger partial charge in [0.1, 0.15) is 0 Å². The van der Waals surface area contributed by atoms with Crippen LogP contribution in [0, 0.1) is 23.2 Å². The molecule has 92 valence electrons. The minimum absolute atomic E-state index is 0.147. The second-order valence-corrected chi connectivity index (χ2v) is 6.53. The van der Waals surface area contributed by atoms with Crippen LogP contribution >= 0.6 is 0 Å². The highest BCUT2D eigenvalue weighted by Gasteiger charge is 2.49. The third kappa shape index (κ3) is 1.84. The molecule has 16 heavy (non-hydrogen) atoms. The summed E-state index contributed by atoms with van der Waals surface area (Å²) in [5.41, 5.74) is 1.57. The molecule has 0 bridgehead atoms. The molecule has 2 aliphatic carbocycles. The Kier molecular flexibility index (Phi) is 3.18. The van der Waals surface area contributed by atoms with E-state index >= 15 is 0 Å². The minimum atomic E-state index is -0.147. The van der Waals surface area contributed by atoms with Crippen LogP contribution < -0.4 is 0 Å². The summed E-state index contributed by atoms with van der Waals surface area (Å²) in [5, 5.41) is 10.6. The van der Waals surface area contributed by atoms with Gasteiger partial charge in [-0.1, -0.05) is 38.8 Å². The van der Waals surface area contributed by atoms with E-state index < -0.39 is 0 Å². The van der Waals surface area contributed by atoms with E-state index in [1.54, 1.807) is 0 Å². The summed E-state index contributed by atoms with van der Waals surface area (Å²) in [7, 11) is 0. The molecule has 1 nitrogen and oxygen atoms in total. The molecule has 0 unspecified atom stereocenters. The maximum absolute atomic E-state index is 10.6. The molecule has 0 aromatic carbocycles. The summed E-state index contributed by atoms with van der Waals surface area (Å²) in [6.07, 6.45) is 6.21. The summed E-state index contributed by atoms with van der Waals surface area (Å²) in [6, 6.07) is 0. The Morgan fingerprint density at radius 3 is 2.62 bits per heavy atom. The molecule has 0 radical (unpaired) electrons. The van der Waals surface area contributed by atoms with Gasteiger partial charge in [0.2, 0.25) is 0 Å². The zero-order valence-electron chi connectivity index (χ0n) is 11.0. The van der Waals surface area contributed by atoms with Gasteiger partial charge in [0.15, 0.2) is 0 Å². The van der Waals surface area contributed by atoms with Gasteiger partial charge in [0, 0.05) is 5.92 Å². The summed E-state index contributed by atoms with van der Waals surface area (Å²) in [4.78, 5) is 0. The molecule has 0 saturated heterocycles. The van der Waals surface area contributed by atoms with Crippen molar-refractivity contribution < 1.29 is 5.11 Å². The van der Waals surface area contributed by atoms with Crippen molar-refractivity contribution in [1.29, 1.82) is 0 Å². The largest absolute Gasteiger partial charge is 0.392 e. The summed E-state index contributed by atoms with van der Waals surface area (Å²) in [5.74, 6) is 1.52. The molecule has 2 rings (SSSR count). The van der Waals surface area contributed by atoms with Crippen molar-refractivity contribution in [2.45, 2.75) is 59.0 Å². The van der Waals surface area contributed by atoms with Gasteiger partial charge in [-0.05, 0) is 43.4 Å². The molecule has 2 saturated carbocycles. The molecule has 0 heterocycles. The molecular weight excluding hydrogens is 196 g/mol. The maximum atomic E-state index is 10.6. The number of rotatable bonds is 1. The van der Waals surface area contributed by atoms with Gasteiger partial charge >= 0.3 is 0 Å². The van der Waals surface area contributed by atoms with E-state index in [2.05, 4.69) is 27.4 Å². The Labute approximate surface area is 99.9 Å². The predicted molar refractivity (Wildman–Crippen MR) is 68.2 cm³/mol. The van der Waals surface area contributed by atoms with Crippen LogP contribution in [0.5, 0.6) is 0 Å². The predicted octanol–water partition coefficient (Wildman–Crippen LogP) is 3.78. The number of aliphatic hydroxyl groups excluding tert-OH is 1. The lowest BCUT2D eigenvalue weighted by Gasteiger charge is -2.53. The molecule has 0 aromatic rings. The first-order valence-corrected chi connectivity index (χ1v) is 6.79. The maximum Gasteiger partial charge on any atom is 0.0641 e. The third-order valence-electron chi connectivity index (χ3n) is 5.26. The second-order valence-electron chi connectivity index (χ2n) is 6.53. The van der Waals surface area contributed by atoms with Crippen LogP contribution in [0.4, 0.5) is 0 Å². The Balaban J connectivity index is 2.23. The molecule has 1 heteroatoms. The Morgan fingerprint density at radius 2 is 2.00 bits per heavy atom. The van der Waals surface area contributed by atoms with E-state index in [1.165, 1.54) is 31.3 Å². The van der Waals surface area contributed by atoms with Gasteiger partial charge in [0.05, 0.1) is 6.10 Å². The Bertz CT molecular complexity index is 283. The van der Waals surface area contributed by atoms with Crippen LogP contribution in [-0.4, -0.2) is 11.2 Å². The lowest BCUT2D eigenvalue weighted by molar-refractivity contribution is -0.0934. The fourth-order valence-electron chi connectivity index (χ4n) is 4.35. The van der Waals surface area contributed by atoms with E-state index in [0.29, 0.717) is 23.2 Å². The van der Waals surface area contributed by atoms with Gasteiger partial charge in [0.25, 0.3) is 0 Å². The summed E-state index contributed by atoms with van der Waals surface area (Å²) >= 11 is 0. The number of aliphatic hydroxyl groups is 1. The van der Waals surface area contributed by atoms with E-state index in [0.717, 1.165) is 6.42 Å². The average molecular weight is 222 g/mol. The van der Waals surface area contributed by atoms with Gasteiger partial charge < -0.3 is 5.11 Å². The lowest BCUT2D eigenvalue weighted by Crippen LogP contribution is -2.50. The van der Waals surface area contributed by atoms with Crippen molar-refractivity contribution in [2.24, 2.45) is 23.2 Å². The highest BCUT2D eigenvalue weighted by Crippen LogP contribution is 2.54. The zero-order valence-corrected chi connectivity index (χ0v) is 11.0. The van der Waals surface area contributed by atoms with Crippen LogP contribution in [0.3, 0.4) is 0 Å². The molecule has 0 aromatic heterocycles. The number of hydrogen-bond acceptors (Lipinski definition) is 1. The van der Waals surface area contributed by atoms with Gasteiger partial charge in [-0.3, -0.25) is 0 Å². The molecule has 1 N–H and O–H groups in total. The van der Waals surface area contributed by atoms with Crippen LogP contribution in [0.25, 0.3) is 0 Å². The summed E-state index contributed by atoms with van der Waals surface area (Å²) in [6.45, 7) is 10.8. The quantitative estimate of drug-likeness (QED) is 0.669. The third-order valence-corrected chi connectivity index (χ3v) is 5.26. The number of hydrogen-bond donors (Lipinski definition) is 1. The highest BCUT2D eigenvalue weighted by atomic mass is 16.3. The van der Waals surface area contributed by atoms with Gasteiger partial charge in [-0.15, -0.1) is 0 Å². The van der Waals surface area contributed by atoms with Crippen LogP contribution in [0.2, 0.25) is 0 Å². The van der Waals surface area contributed by atoms with Crippen molar-refractivity contribution in [2.75, 3.05) is 0 Å². The summed E-state index contributed by atoms with van der Waals surface area (Å²) < 4.78 is 0. The smallest absolute Gasteiger partial charge is 0.0641 e. The second kappa shape index (κ2) is 4.18. The average Bonchev–Trinajstić information content (AvgIpc) is 2.16. The van der Waals surface area contributed by atoms with Crippen molar-refractivity contribution >= 4 is 0 Å². The van der Waals surface area contributed by atoms with E-state index in [9.17, 15) is 5.11 Å². The Hall–Kier alpha value is -0.300. The molecular formula is C15H26O. The number of fused-ring (bicyclic) bond motifs is 1. The van der Waals surface area contributed by atoms with Gasteiger partial charge in [-0.25, -0.2) is 0 Å². The van der Waals surface area contributed by atoms with E-state index in [4.69, 9.17) is 0 Å². The normalized spacial score (nSPS) is 48.5. The fourth-order valence-corrected chi connectivity index (χ4v) is 4.35. The van der Waals surface area contributed by atoms with Crippen molar-refractivity contribution in [3.8, 4) is 0 Å². The lowest BCUT2D eigenvalue weighted by atomic mass is 9.53. The SMILES string of the molecule is C=C(C)[C@@H]1CC[C@@]2(C)CCC[C@H](C)[C@@H]2[C@H]1O. The van der Waals surface area contributed by atoms with Crippen LogP contribution in [0.1, 0.15) is 52.9 Å². The topological polar surface area (TPSA) is 20.2 Å². The van der Waals surface area contributed by atoms with Crippen molar-refractivity contribution in [3.63, 3.8) is 0 Å². The van der Waals surface area contributed by atoms with E-state index in [-0.39, 0.29) is 6.10 Å². The molecule has 5 atom stereocenters. The molecule has 0 aliphatic heterocycles. The Morgan fingerprint density at radius 1 is 1.31 bits per heavy atom. The monoisotopic (exact) mass is 222 g/mol. The first-order chi connectivity index (χ1) is 7.46. The first kappa shape index (κ1) is 12.2.